The lowest BCUT2D eigenvalue weighted by Crippen LogP contribution is -1.88. The predicted octanol–water partition coefficient (Wildman–Crippen LogP) is 4.15. The van der Waals surface area contributed by atoms with Crippen molar-refractivity contribution < 1.29 is 0 Å². The summed E-state index contributed by atoms with van der Waals surface area (Å²) in [6.45, 7) is 9.13. The molecule has 0 spiro atoms. The van der Waals surface area contributed by atoms with Crippen molar-refractivity contribution in [2.45, 2.75) is 33.6 Å². The smallest absolute Gasteiger partial charge is 0.0145 e. The van der Waals surface area contributed by atoms with Gasteiger partial charge in [-0.05, 0) is 24.8 Å². The van der Waals surface area contributed by atoms with E-state index in [0.29, 0.717) is 11.3 Å². The molecule has 0 unspecified atom stereocenters. The van der Waals surface area contributed by atoms with Crippen molar-refractivity contribution in [3.05, 3.63) is 47.0 Å². The number of benzene rings is 1. The molecule has 0 N–H and O–H groups in total. The first kappa shape index (κ1) is 9.51. The van der Waals surface area contributed by atoms with Crippen LogP contribution in [0.3, 0.4) is 0 Å². The highest BCUT2D eigenvalue weighted by atomic mass is 14.6. The summed E-state index contributed by atoms with van der Waals surface area (Å²) in [5.74, 6) is 0.661. The minimum absolute atomic E-state index is 0.389. The van der Waals surface area contributed by atoms with Gasteiger partial charge in [0.15, 0.2) is 0 Å². The molecule has 74 valence electrons. The van der Waals surface area contributed by atoms with Gasteiger partial charge in [-0.2, -0.15) is 0 Å². The van der Waals surface area contributed by atoms with E-state index in [-0.39, 0.29) is 0 Å². The van der Waals surface area contributed by atoms with Gasteiger partial charge in [-0.15, -0.1) is 0 Å². The summed E-state index contributed by atoms with van der Waals surface area (Å²) in [6, 6.07) is 10.8. The van der Waals surface area contributed by atoms with Gasteiger partial charge in [0.25, 0.3) is 0 Å². The minimum atomic E-state index is 0.389. The van der Waals surface area contributed by atoms with Crippen LogP contribution in [-0.4, -0.2) is 0 Å². The molecule has 0 heteroatoms. The van der Waals surface area contributed by atoms with Crippen molar-refractivity contribution in [1.29, 1.82) is 0 Å². The number of hydrogen-bond acceptors (Lipinski definition) is 0. The van der Waals surface area contributed by atoms with Crippen molar-refractivity contribution >= 4 is 0 Å². The maximum absolute atomic E-state index is 2.34. The minimum Gasteiger partial charge on any atom is -0.0760 e. The van der Waals surface area contributed by atoms with Gasteiger partial charge >= 0.3 is 0 Å². The average Bonchev–Trinajstić information content (AvgIpc) is 2.71. The Morgan fingerprint density at radius 1 is 1.07 bits per heavy atom. The largest absolute Gasteiger partial charge is 0.0760 e. The van der Waals surface area contributed by atoms with E-state index in [4.69, 9.17) is 0 Å². The summed E-state index contributed by atoms with van der Waals surface area (Å²) >= 11 is 0. The molecule has 1 saturated carbocycles. The highest BCUT2D eigenvalue weighted by molar-refractivity contribution is 5.51. The molecule has 0 nitrogen and oxygen atoms in total. The zero-order valence-corrected chi connectivity index (χ0v) is 9.46. The molecule has 2 rings (SSSR count). The van der Waals surface area contributed by atoms with Crippen LogP contribution in [0.2, 0.25) is 0 Å². The molecule has 1 aromatic rings. The van der Waals surface area contributed by atoms with Crippen molar-refractivity contribution in [3.8, 4) is 0 Å². The first-order valence-corrected chi connectivity index (χ1v) is 5.28. The zero-order valence-electron chi connectivity index (χ0n) is 9.46. The Labute approximate surface area is 86.7 Å². The zero-order chi connectivity index (χ0) is 10.3. The number of allylic oxidation sites excluding steroid dienone is 2. The highest BCUT2D eigenvalue weighted by Crippen LogP contribution is 2.65. The molecular weight excluding hydrogens is 168 g/mol. The van der Waals surface area contributed by atoms with Crippen LogP contribution in [0.5, 0.6) is 0 Å². The SMILES string of the molecule is CC(C)=C1[C@@H](c2ccccc2)C1(C)C. The Kier molecular flexibility index (Phi) is 2.02. The second kappa shape index (κ2) is 2.98. The Morgan fingerprint density at radius 2 is 1.64 bits per heavy atom. The Morgan fingerprint density at radius 3 is 2.07 bits per heavy atom. The van der Waals surface area contributed by atoms with E-state index in [2.05, 4.69) is 58.0 Å². The molecule has 1 atom stereocenters. The summed E-state index contributed by atoms with van der Waals surface area (Å²) in [4.78, 5) is 0. The molecule has 0 saturated heterocycles. The van der Waals surface area contributed by atoms with E-state index in [1.54, 1.807) is 5.57 Å². The van der Waals surface area contributed by atoms with Crippen LogP contribution in [-0.2, 0) is 0 Å². The topological polar surface area (TPSA) is 0 Å². The third-order valence-corrected chi connectivity index (χ3v) is 3.29. The summed E-state index contributed by atoms with van der Waals surface area (Å²) in [5.41, 5.74) is 4.97. The standard InChI is InChI=1S/C14H18/c1-10(2)12-13(14(12,3)4)11-8-6-5-7-9-11/h5-9,13H,1-4H3/t13-/m1/s1. The Bertz CT molecular complexity index is 364. The van der Waals surface area contributed by atoms with E-state index in [0.717, 1.165) is 0 Å². The second-order valence-corrected chi connectivity index (χ2v) is 4.98. The molecule has 1 aliphatic rings. The molecule has 1 aliphatic carbocycles. The molecule has 0 aromatic heterocycles. The fraction of sp³-hybridized carbons (Fsp3) is 0.429. The summed E-state index contributed by atoms with van der Waals surface area (Å²) in [6.07, 6.45) is 0. The molecule has 0 bridgehead atoms. The van der Waals surface area contributed by atoms with Crippen molar-refractivity contribution in [3.63, 3.8) is 0 Å². The average molecular weight is 186 g/mol. The van der Waals surface area contributed by atoms with E-state index < -0.39 is 0 Å². The third kappa shape index (κ3) is 1.30. The van der Waals surface area contributed by atoms with Crippen LogP contribution in [0.15, 0.2) is 41.5 Å². The van der Waals surface area contributed by atoms with Gasteiger partial charge in [0.2, 0.25) is 0 Å². The molecular formula is C14H18. The number of rotatable bonds is 1. The molecule has 14 heavy (non-hydrogen) atoms. The first-order chi connectivity index (χ1) is 6.55. The third-order valence-electron chi connectivity index (χ3n) is 3.29. The molecule has 0 radical (unpaired) electrons. The van der Waals surface area contributed by atoms with Crippen LogP contribution in [0.25, 0.3) is 0 Å². The fourth-order valence-electron chi connectivity index (χ4n) is 2.71. The van der Waals surface area contributed by atoms with Crippen LogP contribution < -0.4 is 0 Å². The van der Waals surface area contributed by atoms with E-state index in [1.807, 2.05) is 0 Å². The normalized spacial score (nSPS) is 23.4. The lowest BCUT2D eigenvalue weighted by atomic mass is 10.0. The monoisotopic (exact) mass is 186 g/mol. The second-order valence-electron chi connectivity index (χ2n) is 4.98. The van der Waals surface area contributed by atoms with E-state index in [9.17, 15) is 0 Å². The maximum Gasteiger partial charge on any atom is 0.0145 e. The maximum atomic E-state index is 2.34. The molecule has 0 heterocycles. The van der Waals surface area contributed by atoms with Gasteiger partial charge in [-0.1, -0.05) is 55.3 Å². The predicted molar refractivity (Wildman–Crippen MR) is 61.3 cm³/mol. The van der Waals surface area contributed by atoms with Crippen molar-refractivity contribution in [1.82, 2.24) is 0 Å². The van der Waals surface area contributed by atoms with E-state index >= 15 is 0 Å². The Balaban J connectivity index is 2.38. The van der Waals surface area contributed by atoms with Gasteiger partial charge in [0, 0.05) is 5.92 Å². The highest BCUT2D eigenvalue weighted by Gasteiger charge is 2.53. The number of hydrogen-bond donors (Lipinski definition) is 0. The van der Waals surface area contributed by atoms with Crippen LogP contribution in [0.1, 0.15) is 39.2 Å². The van der Waals surface area contributed by atoms with Crippen LogP contribution in [0, 0.1) is 5.41 Å². The molecule has 1 aromatic carbocycles. The lowest BCUT2D eigenvalue weighted by Gasteiger charge is -2.00. The lowest BCUT2D eigenvalue weighted by molar-refractivity contribution is 0.640. The van der Waals surface area contributed by atoms with Crippen LogP contribution >= 0.6 is 0 Å². The molecule has 0 amide bonds. The molecule has 1 fully saturated rings. The Hall–Kier alpha value is -1.04. The van der Waals surface area contributed by atoms with Crippen LogP contribution in [0.4, 0.5) is 0 Å². The van der Waals surface area contributed by atoms with E-state index in [1.165, 1.54) is 11.1 Å². The van der Waals surface area contributed by atoms with Gasteiger partial charge in [0.05, 0.1) is 0 Å². The first-order valence-electron chi connectivity index (χ1n) is 5.28. The van der Waals surface area contributed by atoms with Gasteiger partial charge in [0.1, 0.15) is 0 Å². The summed E-state index contributed by atoms with van der Waals surface area (Å²) in [7, 11) is 0. The fourth-order valence-corrected chi connectivity index (χ4v) is 2.71. The summed E-state index contributed by atoms with van der Waals surface area (Å²) in [5, 5.41) is 0. The summed E-state index contributed by atoms with van der Waals surface area (Å²) < 4.78 is 0. The van der Waals surface area contributed by atoms with Gasteiger partial charge in [-0.25, -0.2) is 0 Å². The van der Waals surface area contributed by atoms with Gasteiger partial charge < -0.3 is 0 Å². The van der Waals surface area contributed by atoms with Crippen molar-refractivity contribution in [2.24, 2.45) is 5.41 Å². The quantitative estimate of drug-likeness (QED) is 0.578. The van der Waals surface area contributed by atoms with Crippen molar-refractivity contribution in [2.75, 3.05) is 0 Å². The van der Waals surface area contributed by atoms with Gasteiger partial charge in [-0.3, -0.25) is 0 Å². The molecule has 0 aliphatic heterocycles.